The average molecular weight is 412 g/mol. The SMILES string of the molecule is COCCN(C(=S)N[C@H]1CCCC[C@@H]1C)c1c(N)n(CC(C)C)c(=O)[nH]c1=O. The Morgan fingerprint density at radius 3 is 2.68 bits per heavy atom. The van der Waals surface area contributed by atoms with Crippen molar-refractivity contribution in [2.75, 3.05) is 30.9 Å². The van der Waals surface area contributed by atoms with Crippen LogP contribution in [0.1, 0.15) is 46.5 Å². The molecule has 1 aromatic rings. The van der Waals surface area contributed by atoms with E-state index >= 15 is 0 Å². The molecule has 28 heavy (non-hydrogen) atoms. The first kappa shape index (κ1) is 22.4. The molecule has 2 atom stereocenters. The summed E-state index contributed by atoms with van der Waals surface area (Å²) in [7, 11) is 1.59. The van der Waals surface area contributed by atoms with Gasteiger partial charge in [-0.2, -0.15) is 0 Å². The van der Waals surface area contributed by atoms with E-state index in [0.29, 0.717) is 30.7 Å². The highest BCUT2D eigenvalue weighted by Gasteiger charge is 2.26. The first-order valence-corrected chi connectivity index (χ1v) is 10.4. The van der Waals surface area contributed by atoms with Gasteiger partial charge in [-0.25, -0.2) is 4.79 Å². The molecule has 0 aromatic carbocycles. The van der Waals surface area contributed by atoms with Gasteiger partial charge in [-0.3, -0.25) is 14.3 Å². The lowest BCUT2D eigenvalue weighted by Crippen LogP contribution is -2.51. The molecule has 0 aliphatic heterocycles. The largest absolute Gasteiger partial charge is 0.383 e. The Bertz CT molecular complexity index is 789. The molecule has 8 nitrogen and oxygen atoms in total. The number of aromatic nitrogens is 2. The summed E-state index contributed by atoms with van der Waals surface area (Å²) in [6.07, 6.45) is 4.58. The third-order valence-electron chi connectivity index (χ3n) is 5.22. The summed E-state index contributed by atoms with van der Waals surface area (Å²) in [6.45, 7) is 7.31. The second-order valence-corrected chi connectivity index (χ2v) is 8.35. The van der Waals surface area contributed by atoms with Crippen molar-refractivity contribution in [3.05, 3.63) is 20.8 Å². The van der Waals surface area contributed by atoms with Crippen molar-refractivity contribution in [1.82, 2.24) is 14.9 Å². The topological polar surface area (TPSA) is 105 Å². The van der Waals surface area contributed by atoms with E-state index in [4.69, 9.17) is 22.7 Å². The van der Waals surface area contributed by atoms with Crippen molar-refractivity contribution < 1.29 is 4.74 Å². The number of aromatic amines is 1. The van der Waals surface area contributed by atoms with Crippen LogP contribution in [0.2, 0.25) is 0 Å². The fraction of sp³-hybridized carbons (Fsp3) is 0.737. The smallest absolute Gasteiger partial charge is 0.330 e. The zero-order chi connectivity index (χ0) is 20.8. The Morgan fingerprint density at radius 1 is 1.39 bits per heavy atom. The van der Waals surface area contributed by atoms with Crippen LogP contribution < -0.4 is 27.2 Å². The molecule has 0 spiro atoms. The van der Waals surface area contributed by atoms with Crippen LogP contribution in [0, 0.1) is 11.8 Å². The molecule has 0 amide bonds. The van der Waals surface area contributed by atoms with E-state index in [2.05, 4.69) is 17.2 Å². The van der Waals surface area contributed by atoms with Crippen LogP contribution in [0.5, 0.6) is 0 Å². The minimum absolute atomic E-state index is 0.124. The summed E-state index contributed by atoms with van der Waals surface area (Å²) < 4.78 is 6.60. The molecule has 1 aromatic heterocycles. The molecule has 0 bridgehead atoms. The van der Waals surface area contributed by atoms with Gasteiger partial charge in [0.2, 0.25) is 0 Å². The molecule has 0 unspecified atom stereocenters. The molecule has 0 radical (unpaired) electrons. The Balaban J connectivity index is 2.40. The number of H-pyrrole nitrogens is 1. The number of rotatable bonds is 7. The Kier molecular flexibility index (Phi) is 8.06. The number of hydrogen-bond donors (Lipinski definition) is 3. The molecule has 1 fully saturated rings. The highest BCUT2D eigenvalue weighted by Crippen LogP contribution is 2.25. The van der Waals surface area contributed by atoms with E-state index in [-0.39, 0.29) is 23.5 Å². The lowest BCUT2D eigenvalue weighted by Gasteiger charge is -2.34. The van der Waals surface area contributed by atoms with E-state index in [0.717, 1.165) is 19.3 Å². The fourth-order valence-electron chi connectivity index (χ4n) is 3.65. The van der Waals surface area contributed by atoms with Gasteiger partial charge in [0.25, 0.3) is 5.56 Å². The number of hydrogen-bond acceptors (Lipinski definition) is 5. The highest BCUT2D eigenvalue weighted by molar-refractivity contribution is 7.80. The van der Waals surface area contributed by atoms with E-state index in [1.54, 1.807) is 12.0 Å². The van der Waals surface area contributed by atoms with Crippen molar-refractivity contribution in [3.8, 4) is 0 Å². The Hall–Kier alpha value is -1.87. The second-order valence-electron chi connectivity index (χ2n) is 7.96. The molecule has 0 saturated heterocycles. The molecular formula is C19H33N5O3S. The summed E-state index contributed by atoms with van der Waals surface area (Å²) in [6, 6.07) is 0.258. The molecule has 9 heteroatoms. The summed E-state index contributed by atoms with van der Waals surface area (Å²) in [4.78, 5) is 28.9. The normalized spacial score (nSPS) is 19.6. The molecular weight excluding hydrogens is 378 g/mol. The molecule has 1 saturated carbocycles. The predicted molar refractivity (Wildman–Crippen MR) is 117 cm³/mol. The van der Waals surface area contributed by atoms with Crippen molar-refractivity contribution in [2.45, 2.75) is 59.0 Å². The minimum Gasteiger partial charge on any atom is -0.383 e. The maximum atomic E-state index is 12.6. The number of nitrogens with one attached hydrogen (secondary N) is 2. The summed E-state index contributed by atoms with van der Waals surface area (Å²) in [5, 5.41) is 3.84. The molecule has 158 valence electrons. The maximum Gasteiger partial charge on any atom is 0.330 e. The number of methoxy groups -OCH3 is 1. The summed E-state index contributed by atoms with van der Waals surface area (Å²) in [5.74, 6) is 0.820. The van der Waals surface area contributed by atoms with Crippen molar-refractivity contribution in [3.63, 3.8) is 0 Å². The van der Waals surface area contributed by atoms with E-state index in [9.17, 15) is 9.59 Å². The van der Waals surface area contributed by atoms with Gasteiger partial charge in [-0.15, -0.1) is 0 Å². The van der Waals surface area contributed by atoms with Gasteiger partial charge in [0.05, 0.1) is 6.61 Å². The van der Waals surface area contributed by atoms with Crippen molar-refractivity contribution in [1.29, 1.82) is 0 Å². The zero-order valence-electron chi connectivity index (χ0n) is 17.3. The van der Waals surface area contributed by atoms with Crippen molar-refractivity contribution >= 4 is 28.8 Å². The minimum atomic E-state index is -0.542. The third-order valence-corrected chi connectivity index (χ3v) is 5.55. The van der Waals surface area contributed by atoms with Crippen LogP contribution in [0.25, 0.3) is 0 Å². The quantitative estimate of drug-likeness (QED) is 0.586. The van der Waals surface area contributed by atoms with E-state index in [1.165, 1.54) is 11.0 Å². The molecule has 1 aliphatic carbocycles. The third kappa shape index (κ3) is 5.35. The lowest BCUT2D eigenvalue weighted by molar-refractivity contribution is 0.207. The maximum absolute atomic E-state index is 12.6. The number of nitrogens with zero attached hydrogens (tertiary/aromatic N) is 2. The number of anilines is 2. The van der Waals surface area contributed by atoms with Crippen LogP contribution in [0.4, 0.5) is 11.5 Å². The Labute approximate surface area is 171 Å². The average Bonchev–Trinajstić information content (AvgIpc) is 2.63. The summed E-state index contributed by atoms with van der Waals surface area (Å²) >= 11 is 5.65. The van der Waals surface area contributed by atoms with Gasteiger partial charge < -0.3 is 20.7 Å². The van der Waals surface area contributed by atoms with Gasteiger partial charge in [-0.05, 0) is 36.9 Å². The van der Waals surface area contributed by atoms with Gasteiger partial charge >= 0.3 is 5.69 Å². The van der Waals surface area contributed by atoms with Gasteiger partial charge in [-0.1, -0.05) is 33.6 Å². The number of ether oxygens (including phenoxy) is 1. The van der Waals surface area contributed by atoms with Crippen LogP contribution >= 0.6 is 12.2 Å². The predicted octanol–water partition coefficient (Wildman–Crippen LogP) is 1.68. The Morgan fingerprint density at radius 2 is 2.07 bits per heavy atom. The van der Waals surface area contributed by atoms with Gasteiger partial charge in [0.15, 0.2) is 10.8 Å². The van der Waals surface area contributed by atoms with Crippen LogP contribution in [0.15, 0.2) is 9.59 Å². The van der Waals surface area contributed by atoms with Gasteiger partial charge in [0.1, 0.15) is 5.82 Å². The summed E-state index contributed by atoms with van der Waals surface area (Å²) in [5.41, 5.74) is 5.42. The van der Waals surface area contributed by atoms with Crippen LogP contribution in [-0.2, 0) is 11.3 Å². The molecule has 4 N–H and O–H groups in total. The number of thiocarbonyl (C=S) groups is 1. The molecule has 1 aliphatic rings. The number of nitrogen functional groups attached to an aromatic ring is 1. The fourth-order valence-corrected chi connectivity index (χ4v) is 3.98. The van der Waals surface area contributed by atoms with E-state index < -0.39 is 11.2 Å². The first-order chi connectivity index (χ1) is 13.3. The van der Waals surface area contributed by atoms with Crippen molar-refractivity contribution in [2.24, 2.45) is 11.8 Å². The van der Waals surface area contributed by atoms with Crippen LogP contribution in [-0.4, -0.2) is 41.0 Å². The zero-order valence-corrected chi connectivity index (χ0v) is 18.1. The van der Waals surface area contributed by atoms with Crippen LogP contribution in [0.3, 0.4) is 0 Å². The monoisotopic (exact) mass is 411 g/mol. The standard InChI is InChI=1S/C19H33N5O3S/c1-12(2)11-24-16(20)15(17(25)22-18(24)26)23(9-10-27-4)19(28)21-14-8-6-5-7-13(14)3/h12-14H,5-11,20H2,1-4H3,(H,21,28)(H,22,25,26)/t13-,14-/m0/s1. The van der Waals surface area contributed by atoms with E-state index in [1.807, 2.05) is 13.8 Å². The van der Waals surface area contributed by atoms with Gasteiger partial charge in [0, 0.05) is 26.2 Å². The lowest BCUT2D eigenvalue weighted by atomic mass is 9.86. The first-order valence-electron chi connectivity index (χ1n) is 9.95. The molecule has 1 heterocycles. The highest BCUT2D eigenvalue weighted by atomic mass is 32.1. The number of nitrogens with two attached hydrogens (primary N) is 1. The second kappa shape index (κ2) is 10.1. The molecule has 2 rings (SSSR count).